The number of allylic oxidation sites excluding steroid dienone is 2. The Labute approximate surface area is 211 Å². The molecule has 0 aliphatic carbocycles. The van der Waals surface area contributed by atoms with Crippen LogP contribution in [-0.4, -0.2) is 89.1 Å². The molecule has 0 bridgehead atoms. The predicted octanol–water partition coefficient (Wildman–Crippen LogP) is 0.882. The maximum Gasteiger partial charge on any atom is 0.340 e. The van der Waals surface area contributed by atoms with Crippen LogP contribution >= 0.6 is 0 Å². The highest BCUT2D eigenvalue weighted by atomic mass is 32.2. The second-order valence-electron chi connectivity index (χ2n) is 8.52. The molecule has 0 saturated carbocycles. The lowest BCUT2D eigenvalue weighted by Gasteiger charge is -2.25. The van der Waals surface area contributed by atoms with Crippen LogP contribution in [0.3, 0.4) is 0 Å². The fourth-order valence-corrected chi connectivity index (χ4v) is 3.86. The van der Waals surface area contributed by atoms with Crippen LogP contribution in [0.25, 0.3) is 5.57 Å². The van der Waals surface area contributed by atoms with E-state index < -0.39 is 56.3 Å². The number of esters is 2. The third-order valence-corrected chi connectivity index (χ3v) is 7.09. The summed E-state index contributed by atoms with van der Waals surface area (Å²) in [6.07, 6.45) is 6.73. The van der Waals surface area contributed by atoms with Gasteiger partial charge in [-0.1, -0.05) is 30.3 Å². The van der Waals surface area contributed by atoms with Crippen LogP contribution in [0.15, 0.2) is 53.8 Å². The highest BCUT2D eigenvalue weighted by molar-refractivity contribution is 7.90. The lowest BCUT2D eigenvalue weighted by Crippen LogP contribution is -2.28. The summed E-state index contributed by atoms with van der Waals surface area (Å²) in [5.74, 6) is -2.66. The van der Waals surface area contributed by atoms with E-state index in [4.69, 9.17) is 9.47 Å². The predicted molar refractivity (Wildman–Crippen MR) is 135 cm³/mol. The van der Waals surface area contributed by atoms with Crippen molar-refractivity contribution in [3.8, 4) is 0 Å². The second kappa shape index (κ2) is 12.3. The topological polar surface area (TPSA) is 144 Å². The summed E-state index contributed by atoms with van der Waals surface area (Å²) >= 11 is 0. The van der Waals surface area contributed by atoms with Crippen LogP contribution < -0.4 is 0 Å². The Balaban J connectivity index is 2.52. The Hall–Kier alpha value is -2.96. The average Bonchev–Trinajstić information content (AvgIpc) is 2.77. The molecular weight excluding hydrogens is 510 g/mol. The van der Waals surface area contributed by atoms with Crippen molar-refractivity contribution >= 4 is 37.2 Å². The molecule has 0 radical (unpaired) electrons. The number of carbonyl (C=O) groups is 2. The van der Waals surface area contributed by atoms with E-state index >= 15 is 0 Å². The van der Waals surface area contributed by atoms with Crippen LogP contribution in [0, 0.1) is 0 Å². The van der Waals surface area contributed by atoms with E-state index in [0.717, 1.165) is 12.5 Å². The molecule has 0 amide bonds. The van der Waals surface area contributed by atoms with Gasteiger partial charge in [0.15, 0.2) is 19.7 Å². The minimum Gasteiger partial charge on any atom is -0.461 e. The molecule has 12 heteroatoms. The van der Waals surface area contributed by atoms with Crippen LogP contribution in [0.2, 0.25) is 0 Å². The maximum atomic E-state index is 13.1. The third-order valence-electron chi connectivity index (χ3n) is 5.27. The quantitative estimate of drug-likeness (QED) is 0.424. The fourth-order valence-electron chi connectivity index (χ4n) is 3.09. The Bertz CT molecular complexity index is 1280. The first-order valence-electron chi connectivity index (χ1n) is 11.0. The van der Waals surface area contributed by atoms with Gasteiger partial charge in [0.1, 0.15) is 13.2 Å². The maximum absolute atomic E-state index is 13.1. The monoisotopic (exact) mass is 541 g/mol. The molecule has 2 rings (SSSR count). The van der Waals surface area contributed by atoms with Crippen molar-refractivity contribution in [3.63, 3.8) is 0 Å². The van der Waals surface area contributed by atoms with E-state index in [0.29, 0.717) is 16.7 Å². The van der Waals surface area contributed by atoms with E-state index in [2.05, 4.69) is 0 Å². The van der Waals surface area contributed by atoms with Crippen molar-refractivity contribution < 1.29 is 41.0 Å². The fraction of sp³-hybridized carbons (Fsp3) is 0.417. The molecule has 10 nitrogen and oxygen atoms in total. The molecule has 1 atom stereocenters. The Morgan fingerprint density at radius 1 is 0.917 bits per heavy atom. The summed E-state index contributed by atoms with van der Waals surface area (Å²) in [5, 5.41) is 9.34. The molecule has 1 aromatic rings. The molecule has 0 saturated heterocycles. The van der Waals surface area contributed by atoms with E-state index in [1.807, 2.05) is 13.0 Å². The van der Waals surface area contributed by atoms with E-state index in [1.54, 1.807) is 36.2 Å². The summed E-state index contributed by atoms with van der Waals surface area (Å²) in [7, 11) is -5.09. The number of hydrogen-bond acceptors (Lipinski definition) is 10. The molecule has 1 unspecified atom stereocenters. The highest BCUT2D eigenvalue weighted by Crippen LogP contribution is 2.27. The summed E-state index contributed by atoms with van der Waals surface area (Å²) in [6, 6.07) is 6.72. The minimum atomic E-state index is -3.40. The minimum absolute atomic E-state index is 0.140. The van der Waals surface area contributed by atoms with Crippen LogP contribution in [0.5, 0.6) is 0 Å². The number of aliphatic hydroxyl groups is 1. The number of benzene rings is 1. The molecule has 0 fully saturated rings. The van der Waals surface area contributed by atoms with Gasteiger partial charge in [0.25, 0.3) is 0 Å². The molecule has 1 N–H and O–H groups in total. The van der Waals surface area contributed by atoms with Crippen molar-refractivity contribution in [3.05, 3.63) is 64.9 Å². The third kappa shape index (κ3) is 9.25. The van der Waals surface area contributed by atoms with Crippen LogP contribution in [0.1, 0.15) is 18.1 Å². The standard InChI is InChI=1S/C24H31NO9S2/c1-17-13-20(19-7-5-18(16-26)6-8-19)14-21(23(27)33-9-11-35(3,29)30)22(15-25(17)2)24(28)34-10-12-36(4,31)32/h5-8,13-15,17,26H,9-12,16H2,1-4H3. The number of ether oxygens (including phenoxy) is 2. The molecule has 1 aliphatic rings. The van der Waals surface area contributed by atoms with Crippen molar-refractivity contribution in [1.29, 1.82) is 0 Å². The first kappa shape index (κ1) is 29.3. The molecule has 1 aromatic carbocycles. The normalized spacial score (nSPS) is 16.8. The summed E-state index contributed by atoms with van der Waals surface area (Å²) in [6.45, 7) is 0.908. The van der Waals surface area contributed by atoms with Gasteiger partial charge in [-0.25, -0.2) is 26.4 Å². The largest absolute Gasteiger partial charge is 0.461 e. The number of rotatable bonds is 10. The zero-order valence-electron chi connectivity index (χ0n) is 20.6. The number of nitrogens with zero attached hydrogens (tertiary/aromatic N) is 1. The van der Waals surface area contributed by atoms with Gasteiger partial charge in [0, 0.05) is 31.8 Å². The van der Waals surface area contributed by atoms with Crippen molar-refractivity contribution in [2.45, 2.75) is 19.6 Å². The van der Waals surface area contributed by atoms with Gasteiger partial charge in [-0.05, 0) is 29.7 Å². The Kier molecular flexibility index (Phi) is 10.0. The zero-order chi connectivity index (χ0) is 27.1. The number of sulfone groups is 2. The number of carbonyl (C=O) groups excluding carboxylic acids is 2. The first-order chi connectivity index (χ1) is 16.7. The Morgan fingerprint density at radius 3 is 1.89 bits per heavy atom. The second-order valence-corrected chi connectivity index (χ2v) is 13.0. The van der Waals surface area contributed by atoms with E-state index in [1.165, 1.54) is 12.3 Å². The average molecular weight is 542 g/mol. The Morgan fingerprint density at radius 2 is 1.42 bits per heavy atom. The molecule has 1 aliphatic heterocycles. The lowest BCUT2D eigenvalue weighted by atomic mass is 9.95. The van der Waals surface area contributed by atoms with Gasteiger partial charge < -0.3 is 19.5 Å². The number of aliphatic hydroxyl groups excluding tert-OH is 1. The molecular formula is C24H31NO9S2. The van der Waals surface area contributed by atoms with Gasteiger partial charge in [-0.15, -0.1) is 0 Å². The summed E-state index contributed by atoms with van der Waals surface area (Å²) < 4.78 is 56.1. The van der Waals surface area contributed by atoms with Crippen molar-refractivity contribution in [2.75, 3.05) is 44.3 Å². The molecule has 36 heavy (non-hydrogen) atoms. The van der Waals surface area contributed by atoms with Gasteiger partial charge in [0.2, 0.25) is 0 Å². The first-order valence-corrected chi connectivity index (χ1v) is 15.1. The number of likely N-dealkylation sites (N-methyl/N-ethyl adjacent to an activating group) is 1. The smallest absolute Gasteiger partial charge is 0.340 e. The van der Waals surface area contributed by atoms with Gasteiger partial charge >= 0.3 is 11.9 Å². The van der Waals surface area contributed by atoms with Gasteiger partial charge in [-0.2, -0.15) is 0 Å². The lowest BCUT2D eigenvalue weighted by molar-refractivity contribution is -0.142. The van der Waals surface area contributed by atoms with Crippen LogP contribution in [0.4, 0.5) is 0 Å². The van der Waals surface area contributed by atoms with E-state index in [-0.39, 0.29) is 23.8 Å². The molecule has 1 heterocycles. The molecule has 0 aromatic heterocycles. The summed E-state index contributed by atoms with van der Waals surface area (Å²) in [5.41, 5.74) is 1.61. The molecule has 198 valence electrons. The van der Waals surface area contributed by atoms with E-state index in [9.17, 15) is 31.5 Å². The van der Waals surface area contributed by atoms with Gasteiger partial charge in [-0.3, -0.25) is 0 Å². The molecule has 0 spiro atoms. The zero-order valence-corrected chi connectivity index (χ0v) is 22.3. The highest BCUT2D eigenvalue weighted by Gasteiger charge is 2.27. The number of hydrogen-bond donors (Lipinski definition) is 1. The SMILES string of the molecule is CC1C=C(c2ccc(CO)cc2)C=C(C(=O)OCCS(C)(=O)=O)C(C(=O)OCCS(C)(=O)=O)=CN1C. The van der Waals surface area contributed by atoms with Crippen molar-refractivity contribution in [2.24, 2.45) is 0 Å². The van der Waals surface area contributed by atoms with Gasteiger partial charge in [0.05, 0.1) is 29.3 Å². The van der Waals surface area contributed by atoms with Crippen LogP contribution in [-0.2, 0) is 45.3 Å². The van der Waals surface area contributed by atoms with Crippen molar-refractivity contribution in [1.82, 2.24) is 4.90 Å². The summed E-state index contributed by atoms with van der Waals surface area (Å²) in [4.78, 5) is 27.7.